The van der Waals surface area contributed by atoms with Crippen LogP contribution in [0.3, 0.4) is 0 Å². The number of nitrogen functional groups attached to an aromatic ring is 1. The first-order chi connectivity index (χ1) is 11.5. The summed E-state index contributed by atoms with van der Waals surface area (Å²) in [5.74, 6) is -0.0850. The number of thioether (sulfide) groups is 1. The molecule has 0 spiro atoms. The number of rotatable bonds is 2. The zero-order valence-electron chi connectivity index (χ0n) is 13.2. The van der Waals surface area contributed by atoms with Crippen LogP contribution in [0.1, 0.15) is 12.5 Å². The maximum Gasteiger partial charge on any atom is 0.266 e. The summed E-state index contributed by atoms with van der Waals surface area (Å²) in [5.41, 5.74) is 8.84. The molecule has 0 radical (unpaired) electrons. The Hall–Kier alpha value is -2.31. The molecule has 2 heterocycles. The first-order valence-corrected chi connectivity index (χ1v) is 8.37. The fourth-order valence-corrected chi connectivity index (χ4v) is 3.41. The number of amides is 1. The highest BCUT2D eigenvalue weighted by Gasteiger charge is 2.32. The van der Waals surface area contributed by atoms with Gasteiger partial charge in [-0.05, 0) is 48.0 Å². The SMILES string of the molecule is C/C(=C1/SC(=Nc2ccncc2Cl)N(C)C1=O)c1ccc(N)cc1. The van der Waals surface area contributed by atoms with Crippen LogP contribution in [0, 0.1) is 0 Å². The van der Waals surface area contributed by atoms with Gasteiger partial charge in [0.1, 0.15) is 0 Å². The summed E-state index contributed by atoms with van der Waals surface area (Å²) in [4.78, 5) is 23.2. The second-order valence-electron chi connectivity index (χ2n) is 5.26. The Morgan fingerprint density at radius 2 is 2.00 bits per heavy atom. The number of anilines is 1. The molecule has 7 heteroatoms. The molecule has 1 amide bonds. The molecule has 0 saturated carbocycles. The Morgan fingerprint density at radius 3 is 2.67 bits per heavy atom. The first-order valence-electron chi connectivity index (χ1n) is 7.18. The van der Waals surface area contributed by atoms with E-state index in [1.807, 2.05) is 31.2 Å². The van der Waals surface area contributed by atoms with Gasteiger partial charge in [-0.25, -0.2) is 4.99 Å². The molecule has 0 aliphatic carbocycles. The topological polar surface area (TPSA) is 71.6 Å². The number of allylic oxidation sites excluding steroid dienone is 1. The van der Waals surface area contributed by atoms with Gasteiger partial charge < -0.3 is 5.73 Å². The van der Waals surface area contributed by atoms with Crippen molar-refractivity contribution in [3.63, 3.8) is 0 Å². The van der Waals surface area contributed by atoms with Crippen LogP contribution < -0.4 is 5.73 Å². The molecular weight excluding hydrogens is 344 g/mol. The number of hydrogen-bond donors (Lipinski definition) is 1. The zero-order valence-corrected chi connectivity index (χ0v) is 14.7. The van der Waals surface area contributed by atoms with Gasteiger partial charge in [0.05, 0.1) is 15.6 Å². The Balaban J connectivity index is 1.98. The number of carbonyl (C=O) groups is 1. The maximum absolute atomic E-state index is 12.6. The summed E-state index contributed by atoms with van der Waals surface area (Å²) in [5, 5.41) is 1.03. The van der Waals surface area contributed by atoms with E-state index in [0.717, 1.165) is 11.1 Å². The van der Waals surface area contributed by atoms with Gasteiger partial charge in [0.2, 0.25) is 0 Å². The van der Waals surface area contributed by atoms with E-state index in [9.17, 15) is 4.79 Å². The zero-order chi connectivity index (χ0) is 17.3. The van der Waals surface area contributed by atoms with Crippen LogP contribution in [0.5, 0.6) is 0 Å². The van der Waals surface area contributed by atoms with Crippen molar-refractivity contribution in [1.29, 1.82) is 0 Å². The Morgan fingerprint density at radius 1 is 1.29 bits per heavy atom. The fraction of sp³-hybridized carbons (Fsp3) is 0.118. The van der Waals surface area contributed by atoms with Crippen LogP contribution >= 0.6 is 23.4 Å². The predicted octanol–water partition coefficient (Wildman–Crippen LogP) is 3.94. The molecule has 1 fully saturated rings. The molecule has 3 rings (SSSR count). The minimum Gasteiger partial charge on any atom is -0.399 e. The first kappa shape index (κ1) is 16.5. The lowest BCUT2D eigenvalue weighted by Gasteiger charge is -2.08. The normalized spacial score (nSPS) is 18.4. The van der Waals surface area contributed by atoms with Gasteiger partial charge in [-0.2, -0.15) is 0 Å². The van der Waals surface area contributed by atoms with E-state index < -0.39 is 0 Å². The largest absolute Gasteiger partial charge is 0.399 e. The van der Waals surface area contributed by atoms with Crippen molar-refractivity contribution in [3.05, 3.63) is 58.2 Å². The van der Waals surface area contributed by atoms with Crippen LogP contribution in [0.2, 0.25) is 5.02 Å². The highest BCUT2D eigenvalue weighted by Crippen LogP contribution is 2.37. The van der Waals surface area contributed by atoms with Gasteiger partial charge in [0.15, 0.2) is 5.17 Å². The van der Waals surface area contributed by atoms with Crippen molar-refractivity contribution in [1.82, 2.24) is 9.88 Å². The van der Waals surface area contributed by atoms with E-state index in [4.69, 9.17) is 17.3 Å². The van der Waals surface area contributed by atoms with Crippen molar-refractivity contribution >= 4 is 51.4 Å². The van der Waals surface area contributed by atoms with Gasteiger partial charge in [0.25, 0.3) is 5.91 Å². The number of halogens is 1. The molecular formula is C17H15ClN4OS. The minimum atomic E-state index is -0.0850. The molecule has 0 bridgehead atoms. The third-order valence-corrected chi connectivity index (χ3v) is 5.15. The monoisotopic (exact) mass is 358 g/mol. The molecule has 1 aromatic heterocycles. The highest BCUT2D eigenvalue weighted by atomic mass is 35.5. The second-order valence-corrected chi connectivity index (χ2v) is 6.65. The van der Waals surface area contributed by atoms with E-state index >= 15 is 0 Å². The average molecular weight is 359 g/mol. The summed E-state index contributed by atoms with van der Waals surface area (Å²) >= 11 is 7.42. The van der Waals surface area contributed by atoms with Crippen molar-refractivity contribution < 1.29 is 4.79 Å². The average Bonchev–Trinajstić information content (AvgIpc) is 2.85. The summed E-state index contributed by atoms with van der Waals surface area (Å²) in [6.07, 6.45) is 3.14. The van der Waals surface area contributed by atoms with Crippen LogP contribution in [-0.2, 0) is 4.79 Å². The van der Waals surface area contributed by atoms with Crippen LogP contribution in [0.15, 0.2) is 52.6 Å². The summed E-state index contributed by atoms with van der Waals surface area (Å²) < 4.78 is 0. The van der Waals surface area contributed by atoms with E-state index in [1.165, 1.54) is 22.9 Å². The van der Waals surface area contributed by atoms with Crippen molar-refractivity contribution in [2.45, 2.75) is 6.92 Å². The molecule has 2 aromatic rings. The Labute approximate surface area is 149 Å². The number of benzene rings is 1. The molecule has 1 aromatic carbocycles. The number of likely N-dealkylation sites (N-methyl/N-ethyl adjacent to an activating group) is 1. The number of amidine groups is 1. The van der Waals surface area contributed by atoms with E-state index in [-0.39, 0.29) is 5.91 Å². The number of nitrogens with two attached hydrogens (primary N) is 1. The number of carbonyl (C=O) groups excluding carboxylic acids is 1. The molecule has 1 aliphatic rings. The van der Waals surface area contributed by atoms with Crippen LogP contribution in [-0.4, -0.2) is 28.0 Å². The fourth-order valence-electron chi connectivity index (χ4n) is 2.20. The molecule has 0 atom stereocenters. The van der Waals surface area contributed by atoms with E-state index in [0.29, 0.717) is 26.5 Å². The quantitative estimate of drug-likeness (QED) is 0.652. The Kier molecular flexibility index (Phi) is 4.59. The smallest absolute Gasteiger partial charge is 0.266 e. The molecule has 24 heavy (non-hydrogen) atoms. The molecule has 5 nitrogen and oxygen atoms in total. The lowest BCUT2D eigenvalue weighted by atomic mass is 10.1. The number of aliphatic imine (C=N–C) groups is 1. The second kappa shape index (κ2) is 6.67. The highest BCUT2D eigenvalue weighted by molar-refractivity contribution is 8.18. The maximum atomic E-state index is 12.6. The third-order valence-electron chi connectivity index (χ3n) is 3.63. The predicted molar refractivity (Wildman–Crippen MR) is 100 cm³/mol. The van der Waals surface area contributed by atoms with Crippen molar-refractivity contribution in [2.24, 2.45) is 4.99 Å². The van der Waals surface area contributed by atoms with Gasteiger partial charge >= 0.3 is 0 Å². The number of aromatic nitrogens is 1. The van der Waals surface area contributed by atoms with Crippen LogP contribution in [0.25, 0.3) is 5.57 Å². The lowest BCUT2D eigenvalue weighted by Crippen LogP contribution is -2.23. The minimum absolute atomic E-state index is 0.0850. The van der Waals surface area contributed by atoms with E-state index in [2.05, 4.69) is 9.98 Å². The molecule has 122 valence electrons. The molecule has 2 N–H and O–H groups in total. The molecule has 1 saturated heterocycles. The summed E-state index contributed by atoms with van der Waals surface area (Å²) in [7, 11) is 1.70. The van der Waals surface area contributed by atoms with E-state index in [1.54, 1.807) is 19.3 Å². The van der Waals surface area contributed by atoms with Gasteiger partial charge in [-0.1, -0.05) is 23.7 Å². The summed E-state index contributed by atoms with van der Waals surface area (Å²) in [6, 6.07) is 9.15. The van der Waals surface area contributed by atoms with Crippen LogP contribution in [0.4, 0.5) is 11.4 Å². The van der Waals surface area contributed by atoms with Gasteiger partial charge in [0, 0.05) is 25.1 Å². The van der Waals surface area contributed by atoms with Crippen molar-refractivity contribution in [2.75, 3.05) is 12.8 Å². The third kappa shape index (κ3) is 3.16. The number of nitrogens with zero attached hydrogens (tertiary/aromatic N) is 3. The van der Waals surface area contributed by atoms with Gasteiger partial charge in [-0.3, -0.25) is 14.7 Å². The number of hydrogen-bond acceptors (Lipinski definition) is 5. The van der Waals surface area contributed by atoms with Gasteiger partial charge in [-0.15, -0.1) is 0 Å². The van der Waals surface area contributed by atoms with Crippen molar-refractivity contribution in [3.8, 4) is 0 Å². The molecule has 0 unspecified atom stereocenters. The summed E-state index contributed by atoms with van der Waals surface area (Å²) in [6.45, 7) is 1.92. The lowest BCUT2D eigenvalue weighted by molar-refractivity contribution is -0.121. The standard InChI is InChI=1S/C17H15ClN4OS/c1-10(11-3-5-12(19)6-4-11)15-16(23)22(2)17(24-15)21-14-7-8-20-9-13(14)18/h3-9H,19H2,1-2H3/b15-10-,21-17?. The number of pyridine rings is 1. The molecule has 1 aliphatic heterocycles. The Bertz CT molecular complexity index is 861.